The van der Waals surface area contributed by atoms with E-state index in [1.54, 1.807) is 6.20 Å². The van der Waals surface area contributed by atoms with Gasteiger partial charge in [-0.05, 0) is 39.0 Å². The van der Waals surface area contributed by atoms with E-state index in [1.807, 2.05) is 47.7 Å². The van der Waals surface area contributed by atoms with Crippen molar-refractivity contribution >= 4 is 6.03 Å². The highest BCUT2D eigenvalue weighted by Gasteiger charge is 2.32. The number of aryl methyl sites for hydroxylation is 2. The van der Waals surface area contributed by atoms with Crippen LogP contribution in [0.25, 0.3) is 0 Å². The van der Waals surface area contributed by atoms with Gasteiger partial charge >= 0.3 is 6.03 Å². The molecule has 3 heterocycles. The fourth-order valence-electron chi connectivity index (χ4n) is 2.97. The minimum atomic E-state index is -0.00874. The number of hydrogen-bond donors (Lipinski definition) is 1. The summed E-state index contributed by atoms with van der Waals surface area (Å²) in [6.45, 7) is 8.12. The van der Waals surface area contributed by atoms with Crippen LogP contribution in [0.1, 0.15) is 36.0 Å². The molecular formula is C17H23N5O. The number of hydrogen-bond acceptors (Lipinski definition) is 3. The Morgan fingerprint density at radius 3 is 2.78 bits per heavy atom. The molecule has 2 aromatic heterocycles. The van der Waals surface area contributed by atoms with Crippen LogP contribution in [-0.4, -0.2) is 45.3 Å². The van der Waals surface area contributed by atoms with Crippen molar-refractivity contribution in [3.8, 4) is 0 Å². The monoisotopic (exact) mass is 313 g/mol. The fraction of sp³-hybridized carbons (Fsp3) is 0.471. The average molecular weight is 313 g/mol. The van der Waals surface area contributed by atoms with Gasteiger partial charge in [0.1, 0.15) is 0 Å². The largest absolute Gasteiger partial charge is 0.336 e. The molecule has 1 aliphatic rings. The van der Waals surface area contributed by atoms with Gasteiger partial charge in [0.2, 0.25) is 0 Å². The smallest absolute Gasteiger partial charge is 0.317 e. The molecular weight excluding hydrogens is 290 g/mol. The number of pyridine rings is 1. The van der Waals surface area contributed by atoms with Crippen molar-refractivity contribution in [3.05, 3.63) is 47.5 Å². The van der Waals surface area contributed by atoms with Gasteiger partial charge in [-0.1, -0.05) is 6.07 Å². The Balaban J connectivity index is 1.47. The number of nitrogens with one attached hydrogen (secondary N) is 1. The van der Waals surface area contributed by atoms with Gasteiger partial charge in [0.25, 0.3) is 0 Å². The molecule has 3 rings (SSSR count). The molecule has 1 fully saturated rings. The second kappa shape index (κ2) is 6.40. The molecule has 0 bridgehead atoms. The number of carbonyl (C=O) groups is 1. The molecule has 2 amide bonds. The van der Waals surface area contributed by atoms with Gasteiger partial charge in [0.15, 0.2) is 0 Å². The predicted octanol–water partition coefficient (Wildman–Crippen LogP) is 2.26. The molecule has 0 spiro atoms. The first-order valence-corrected chi connectivity index (χ1v) is 8.01. The molecule has 2 aromatic rings. The van der Waals surface area contributed by atoms with Crippen LogP contribution in [0.2, 0.25) is 0 Å². The molecule has 1 atom stereocenters. The third-order valence-corrected chi connectivity index (χ3v) is 4.29. The van der Waals surface area contributed by atoms with E-state index in [-0.39, 0.29) is 12.1 Å². The number of urea groups is 1. The number of aromatic nitrogens is 3. The van der Waals surface area contributed by atoms with Crippen molar-refractivity contribution in [2.45, 2.75) is 32.7 Å². The number of likely N-dealkylation sites (tertiary alicyclic amines) is 1. The zero-order valence-corrected chi connectivity index (χ0v) is 13.9. The maximum Gasteiger partial charge on any atom is 0.317 e. The van der Waals surface area contributed by atoms with Crippen LogP contribution in [0.5, 0.6) is 0 Å². The number of nitrogens with zero attached hydrogens (tertiary/aromatic N) is 4. The van der Waals surface area contributed by atoms with Gasteiger partial charge in [-0.25, -0.2) is 4.79 Å². The third kappa shape index (κ3) is 3.36. The van der Waals surface area contributed by atoms with E-state index in [0.29, 0.717) is 12.5 Å². The lowest BCUT2D eigenvalue weighted by Gasteiger charge is -2.39. The van der Waals surface area contributed by atoms with E-state index in [9.17, 15) is 4.79 Å². The van der Waals surface area contributed by atoms with Gasteiger partial charge in [-0.15, -0.1) is 0 Å². The van der Waals surface area contributed by atoms with Crippen LogP contribution in [0.4, 0.5) is 4.79 Å². The maximum atomic E-state index is 12.2. The average Bonchev–Trinajstić information content (AvgIpc) is 2.83. The fourth-order valence-corrected chi connectivity index (χ4v) is 2.97. The number of rotatable bonds is 4. The van der Waals surface area contributed by atoms with E-state index in [1.165, 1.54) is 0 Å². The Kier molecular flexibility index (Phi) is 4.32. The van der Waals surface area contributed by atoms with E-state index < -0.39 is 0 Å². The van der Waals surface area contributed by atoms with Gasteiger partial charge in [-0.2, -0.15) is 5.10 Å². The molecule has 6 heteroatoms. The van der Waals surface area contributed by atoms with Crippen molar-refractivity contribution < 1.29 is 4.79 Å². The molecule has 23 heavy (non-hydrogen) atoms. The number of carbonyl (C=O) groups excluding carboxylic acids is 1. The first kappa shape index (κ1) is 15.5. The second-order valence-electron chi connectivity index (χ2n) is 6.26. The number of amides is 2. The first-order valence-electron chi connectivity index (χ1n) is 8.01. The summed E-state index contributed by atoms with van der Waals surface area (Å²) in [7, 11) is 0. The Bertz CT molecular complexity index is 676. The van der Waals surface area contributed by atoms with E-state index >= 15 is 0 Å². The predicted molar refractivity (Wildman–Crippen MR) is 88.4 cm³/mol. The summed E-state index contributed by atoms with van der Waals surface area (Å²) < 4.78 is 1.96. The molecule has 1 N–H and O–H groups in total. The van der Waals surface area contributed by atoms with Crippen molar-refractivity contribution in [2.24, 2.45) is 0 Å². The highest BCUT2D eigenvalue weighted by atomic mass is 16.2. The van der Waals surface area contributed by atoms with E-state index in [2.05, 4.69) is 22.3 Å². The zero-order valence-electron chi connectivity index (χ0n) is 13.9. The quantitative estimate of drug-likeness (QED) is 0.942. The highest BCUT2D eigenvalue weighted by molar-refractivity contribution is 5.75. The normalized spacial score (nSPS) is 16.0. The molecule has 1 saturated heterocycles. The second-order valence-corrected chi connectivity index (χ2v) is 6.26. The Morgan fingerprint density at radius 2 is 2.17 bits per heavy atom. The van der Waals surface area contributed by atoms with Crippen LogP contribution >= 0.6 is 0 Å². The summed E-state index contributed by atoms with van der Waals surface area (Å²) in [4.78, 5) is 18.4. The molecule has 0 unspecified atom stereocenters. The van der Waals surface area contributed by atoms with Crippen LogP contribution in [0.3, 0.4) is 0 Å². The van der Waals surface area contributed by atoms with Gasteiger partial charge in [0, 0.05) is 43.1 Å². The molecule has 0 saturated carbocycles. The first-order chi connectivity index (χ1) is 11.0. The zero-order chi connectivity index (χ0) is 16.4. The summed E-state index contributed by atoms with van der Waals surface area (Å²) in [5.41, 5.74) is 3.18. The van der Waals surface area contributed by atoms with Gasteiger partial charge in [-0.3, -0.25) is 9.67 Å². The summed E-state index contributed by atoms with van der Waals surface area (Å²) >= 11 is 0. The Labute approximate surface area is 136 Å². The van der Waals surface area contributed by atoms with Crippen molar-refractivity contribution in [3.63, 3.8) is 0 Å². The highest BCUT2D eigenvalue weighted by Crippen LogP contribution is 2.25. The third-order valence-electron chi connectivity index (χ3n) is 4.29. The molecule has 122 valence electrons. The minimum absolute atomic E-state index is 0.00874. The minimum Gasteiger partial charge on any atom is -0.336 e. The lowest BCUT2D eigenvalue weighted by Crippen LogP contribution is -2.53. The summed E-state index contributed by atoms with van der Waals surface area (Å²) in [6.07, 6.45) is 1.80. The lowest BCUT2D eigenvalue weighted by molar-refractivity contribution is 0.148. The van der Waals surface area contributed by atoms with E-state index in [0.717, 1.165) is 30.2 Å². The van der Waals surface area contributed by atoms with Crippen LogP contribution in [0, 0.1) is 13.8 Å². The maximum absolute atomic E-state index is 12.2. The summed E-state index contributed by atoms with van der Waals surface area (Å²) in [5.74, 6) is 0.357. The molecule has 0 radical (unpaired) electrons. The lowest BCUT2D eigenvalue weighted by atomic mass is 9.96. The standard InChI is InChI=1S/C17H23N5O/c1-12-8-13(2)22(20-12)14(3)9-19-17(23)21-10-15(11-21)16-6-4-5-7-18-16/h4-8,14-15H,9-11H2,1-3H3,(H,19,23)/t14-/m0/s1. The Morgan fingerprint density at radius 1 is 1.39 bits per heavy atom. The van der Waals surface area contributed by atoms with Crippen molar-refractivity contribution in [1.29, 1.82) is 0 Å². The summed E-state index contributed by atoms with van der Waals surface area (Å²) in [6, 6.07) is 8.09. The molecule has 0 aromatic carbocycles. The van der Waals surface area contributed by atoms with E-state index in [4.69, 9.17) is 0 Å². The topological polar surface area (TPSA) is 63.1 Å². The summed E-state index contributed by atoms with van der Waals surface area (Å²) in [5, 5.41) is 7.46. The Hall–Kier alpha value is -2.37. The van der Waals surface area contributed by atoms with Crippen molar-refractivity contribution in [1.82, 2.24) is 25.0 Å². The van der Waals surface area contributed by atoms with Gasteiger partial charge in [0.05, 0.1) is 11.7 Å². The van der Waals surface area contributed by atoms with Crippen LogP contribution in [0.15, 0.2) is 30.5 Å². The van der Waals surface area contributed by atoms with Crippen LogP contribution in [-0.2, 0) is 0 Å². The molecule has 0 aliphatic carbocycles. The van der Waals surface area contributed by atoms with Crippen LogP contribution < -0.4 is 5.32 Å². The molecule has 6 nitrogen and oxygen atoms in total. The van der Waals surface area contributed by atoms with Gasteiger partial charge < -0.3 is 10.2 Å². The SMILES string of the molecule is Cc1cc(C)n([C@@H](C)CNC(=O)N2CC(c3ccccn3)C2)n1. The van der Waals surface area contributed by atoms with Crippen molar-refractivity contribution in [2.75, 3.05) is 19.6 Å². The molecule has 1 aliphatic heterocycles.